The minimum atomic E-state index is -0.345. The van der Waals surface area contributed by atoms with Crippen molar-refractivity contribution in [3.05, 3.63) is 29.8 Å². The van der Waals surface area contributed by atoms with Gasteiger partial charge in [-0.25, -0.2) is 0 Å². The molecule has 0 atom stereocenters. The molecule has 0 fully saturated rings. The summed E-state index contributed by atoms with van der Waals surface area (Å²) in [4.78, 5) is 22.3. The van der Waals surface area contributed by atoms with Gasteiger partial charge in [0.2, 0.25) is 11.8 Å². The third kappa shape index (κ3) is 5.65. The van der Waals surface area contributed by atoms with Crippen molar-refractivity contribution in [2.24, 2.45) is 5.73 Å². The summed E-state index contributed by atoms with van der Waals surface area (Å²) in [6.07, 6.45) is 0.910. The lowest BCUT2D eigenvalue weighted by Gasteiger charge is -2.07. The molecule has 0 spiro atoms. The van der Waals surface area contributed by atoms with Gasteiger partial charge in [0.25, 0.3) is 0 Å². The van der Waals surface area contributed by atoms with Gasteiger partial charge in [-0.15, -0.1) is 12.4 Å². The van der Waals surface area contributed by atoms with Crippen LogP contribution in [0.1, 0.15) is 12.5 Å². The Labute approximate surface area is 113 Å². The molecular weight excluding hydrogens is 254 g/mol. The first-order chi connectivity index (χ1) is 8.15. The van der Waals surface area contributed by atoms with Crippen molar-refractivity contribution in [3.8, 4) is 0 Å². The van der Waals surface area contributed by atoms with Gasteiger partial charge in [0, 0.05) is 5.69 Å². The van der Waals surface area contributed by atoms with Crippen LogP contribution in [0.15, 0.2) is 24.3 Å². The summed E-state index contributed by atoms with van der Waals surface area (Å²) in [6, 6.07) is 7.59. The summed E-state index contributed by atoms with van der Waals surface area (Å²) < 4.78 is 0. The van der Waals surface area contributed by atoms with E-state index in [-0.39, 0.29) is 37.3 Å². The molecule has 0 heterocycles. The molecule has 1 aromatic rings. The average molecular weight is 272 g/mol. The highest BCUT2D eigenvalue weighted by atomic mass is 35.5. The topological polar surface area (TPSA) is 84.2 Å². The number of halogens is 1. The maximum atomic E-state index is 11.5. The number of carbonyl (C=O) groups is 2. The summed E-state index contributed by atoms with van der Waals surface area (Å²) in [5.41, 5.74) is 6.98. The first kappa shape index (κ1) is 16.4. The summed E-state index contributed by atoms with van der Waals surface area (Å²) >= 11 is 0. The quantitative estimate of drug-likeness (QED) is 0.736. The number of amides is 2. The molecule has 100 valence electrons. The fourth-order valence-electron chi connectivity index (χ4n) is 1.33. The number of aryl methyl sites for hydroxylation is 1. The van der Waals surface area contributed by atoms with Gasteiger partial charge < -0.3 is 16.4 Å². The van der Waals surface area contributed by atoms with Crippen molar-refractivity contribution >= 4 is 29.9 Å². The van der Waals surface area contributed by atoms with Gasteiger partial charge in [0.05, 0.1) is 13.1 Å². The van der Waals surface area contributed by atoms with Crippen LogP contribution in [0.4, 0.5) is 5.69 Å². The Balaban J connectivity index is 0.00000289. The smallest absolute Gasteiger partial charge is 0.243 e. The second-order valence-electron chi connectivity index (χ2n) is 3.58. The molecule has 18 heavy (non-hydrogen) atoms. The first-order valence-corrected chi connectivity index (χ1v) is 5.51. The minimum absolute atomic E-state index is 0. The number of carbonyl (C=O) groups excluding carboxylic acids is 2. The number of nitrogens with two attached hydrogens (primary N) is 1. The Morgan fingerprint density at radius 1 is 1.28 bits per heavy atom. The van der Waals surface area contributed by atoms with Crippen LogP contribution in [0.5, 0.6) is 0 Å². The molecule has 0 aliphatic heterocycles. The van der Waals surface area contributed by atoms with Crippen molar-refractivity contribution < 1.29 is 9.59 Å². The van der Waals surface area contributed by atoms with Crippen molar-refractivity contribution in [1.29, 1.82) is 0 Å². The molecule has 0 bridgehead atoms. The summed E-state index contributed by atoms with van der Waals surface area (Å²) in [5.74, 6) is -0.609. The Kier molecular flexibility index (Phi) is 7.74. The fourth-order valence-corrected chi connectivity index (χ4v) is 1.33. The van der Waals surface area contributed by atoms with E-state index >= 15 is 0 Å². The zero-order valence-corrected chi connectivity index (χ0v) is 11.0. The molecule has 0 saturated heterocycles. The number of hydrogen-bond donors (Lipinski definition) is 3. The molecule has 5 nitrogen and oxygen atoms in total. The average Bonchev–Trinajstić information content (AvgIpc) is 2.36. The molecule has 1 rings (SSSR count). The lowest BCUT2D eigenvalue weighted by molar-refractivity contribution is -0.123. The van der Waals surface area contributed by atoms with Gasteiger partial charge in [0.1, 0.15) is 0 Å². The fraction of sp³-hybridized carbons (Fsp3) is 0.333. The van der Waals surface area contributed by atoms with Gasteiger partial charge >= 0.3 is 0 Å². The first-order valence-electron chi connectivity index (χ1n) is 5.51. The number of nitrogens with one attached hydrogen (secondary N) is 2. The molecule has 0 aliphatic carbocycles. The van der Waals surface area contributed by atoms with Crippen LogP contribution in [0.2, 0.25) is 0 Å². The van der Waals surface area contributed by atoms with Crippen LogP contribution in [0.3, 0.4) is 0 Å². The van der Waals surface area contributed by atoms with Crippen molar-refractivity contribution in [2.75, 3.05) is 18.4 Å². The minimum Gasteiger partial charge on any atom is -0.346 e. The SMILES string of the molecule is CCc1cccc(NC(=O)CNC(=O)CN)c1.Cl. The van der Waals surface area contributed by atoms with Crippen LogP contribution in [-0.4, -0.2) is 24.9 Å². The standard InChI is InChI=1S/C12H17N3O2.ClH/c1-2-9-4-3-5-10(6-9)15-12(17)8-14-11(16)7-13;/h3-6H,2,7-8,13H2,1H3,(H,14,16)(H,15,17);1H. The van der Waals surface area contributed by atoms with E-state index < -0.39 is 0 Å². The normalized spacial score (nSPS) is 9.22. The summed E-state index contributed by atoms with van der Waals surface area (Å²) in [6.45, 7) is 1.87. The lowest BCUT2D eigenvalue weighted by atomic mass is 10.1. The predicted molar refractivity (Wildman–Crippen MR) is 73.8 cm³/mol. The molecule has 4 N–H and O–H groups in total. The Bertz CT molecular complexity index is 410. The van der Waals surface area contributed by atoms with Gasteiger partial charge in [-0.3, -0.25) is 9.59 Å². The second kappa shape index (κ2) is 8.49. The van der Waals surface area contributed by atoms with Crippen LogP contribution < -0.4 is 16.4 Å². The summed E-state index contributed by atoms with van der Waals surface area (Å²) in [5, 5.41) is 5.11. The van der Waals surface area contributed by atoms with Crippen LogP contribution in [0, 0.1) is 0 Å². The van der Waals surface area contributed by atoms with E-state index in [9.17, 15) is 9.59 Å². The van der Waals surface area contributed by atoms with Gasteiger partial charge in [-0.2, -0.15) is 0 Å². The Hall–Kier alpha value is -1.59. The van der Waals surface area contributed by atoms with E-state index in [0.717, 1.165) is 17.7 Å². The monoisotopic (exact) mass is 271 g/mol. The highest BCUT2D eigenvalue weighted by Gasteiger charge is 2.04. The Morgan fingerprint density at radius 3 is 2.61 bits per heavy atom. The van der Waals surface area contributed by atoms with Gasteiger partial charge in [0.15, 0.2) is 0 Å². The third-order valence-electron chi connectivity index (χ3n) is 2.25. The second-order valence-corrected chi connectivity index (χ2v) is 3.58. The molecule has 6 heteroatoms. The van der Waals surface area contributed by atoms with Crippen molar-refractivity contribution in [3.63, 3.8) is 0 Å². The van der Waals surface area contributed by atoms with E-state index in [1.54, 1.807) is 0 Å². The van der Waals surface area contributed by atoms with Gasteiger partial charge in [-0.05, 0) is 24.1 Å². The number of hydrogen-bond acceptors (Lipinski definition) is 3. The number of anilines is 1. The zero-order valence-electron chi connectivity index (χ0n) is 10.2. The van der Waals surface area contributed by atoms with E-state index in [0.29, 0.717) is 0 Å². The third-order valence-corrected chi connectivity index (χ3v) is 2.25. The highest BCUT2D eigenvalue weighted by molar-refractivity contribution is 5.94. The Morgan fingerprint density at radius 2 is 2.00 bits per heavy atom. The molecule has 0 unspecified atom stereocenters. The van der Waals surface area contributed by atoms with E-state index in [2.05, 4.69) is 10.6 Å². The van der Waals surface area contributed by atoms with Crippen LogP contribution in [-0.2, 0) is 16.0 Å². The number of rotatable bonds is 5. The maximum Gasteiger partial charge on any atom is 0.243 e. The molecule has 0 aromatic heterocycles. The molecule has 2 amide bonds. The van der Waals surface area contributed by atoms with Crippen LogP contribution in [0.25, 0.3) is 0 Å². The molecule has 0 aliphatic rings. The summed E-state index contributed by atoms with van der Waals surface area (Å²) in [7, 11) is 0. The zero-order chi connectivity index (χ0) is 12.7. The van der Waals surface area contributed by atoms with E-state index in [1.807, 2.05) is 31.2 Å². The van der Waals surface area contributed by atoms with Crippen molar-refractivity contribution in [2.45, 2.75) is 13.3 Å². The number of benzene rings is 1. The maximum absolute atomic E-state index is 11.5. The molecule has 0 saturated carbocycles. The predicted octanol–water partition coefficient (Wildman–Crippen LogP) is 0.684. The molecular formula is C12H18ClN3O2. The van der Waals surface area contributed by atoms with Crippen LogP contribution >= 0.6 is 12.4 Å². The lowest BCUT2D eigenvalue weighted by Crippen LogP contribution is -2.36. The molecule has 0 radical (unpaired) electrons. The highest BCUT2D eigenvalue weighted by Crippen LogP contribution is 2.10. The molecule has 1 aromatic carbocycles. The van der Waals surface area contributed by atoms with Gasteiger partial charge in [-0.1, -0.05) is 19.1 Å². The largest absolute Gasteiger partial charge is 0.346 e. The van der Waals surface area contributed by atoms with Crippen molar-refractivity contribution in [1.82, 2.24) is 5.32 Å². The van der Waals surface area contributed by atoms with E-state index in [4.69, 9.17) is 5.73 Å². The van der Waals surface area contributed by atoms with E-state index in [1.165, 1.54) is 0 Å².